The van der Waals surface area contributed by atoms with Gasteiger partial charge in [0.05, 0.1) is 12.6 Å². The normalized spacial score (nSPS) is 12.4. The number of ether oxygens (including phenoxy) is 1. The van der Waals surface area contributed by atoms with Gasteiger partial charge in [0.25, 0.3) is 0 Å². The molecule has 3 aromatic rings. The molecular formula is C28H35F2N3O2. The number of carbonyl (C=O) groups is 1. The molecular weight excluding hydrogens is 448 g/mol. The highest BCUT2D eigenvalue weighted by molar-refractivity contribution is 5.67. The van der Waals surface area contributed by atoms with Gasteiger partial charge in [-0.1, -0.05) is 51.1 Å². The summed E-state index contributed by atoms with van der Waals surface area (Å²) in [4.78, 5) is 11.5. The van der Waals surface area contributed by atoms with E-state index < -0.39 is 17.7 Å². The SMILES string of the molecule is CCOC(=O)NCCCN[C@@H](c1cc(-c2cc(F)ccc2F)cn1Cc1ccccc1)C(C)(C)C. The van der Waals surface area contributed by atoms with E-state index in [1.165, 1.54) is 6.07 Å². The zero-order valence-corrected chi connectivity index (χ0v) is 20.9. The van der Waals surface area contributed by atoms with Crippen LogP contribution in [0.5, 0.6) is 0 Å². The van der Waals surface area contributed by atoms with Crippen LogP contribution in [0.4, 0.5) is 13.6 Å². The predicted molar refractivity (Wildman–Crippen MR) is 135 cm³/mol. The molecule has 0 unspecified atom stereocenters. The Labute approximate surface area is 206 Å². The first-order valence-electron chi connectivity index (χ1n) is 12.0. The lowest BCUT2D eigenvalue weighted by atomic mass is 9.84. The van der Waals surface area contributed by atoms with Crippen LogP contribution < -0.4 is 10.6 Å². The second kappa shape index (κ2) is 12.0. The fourth-order valence-electron chi connectivity index (χ4n) is 4.12. The lowest BCUT2D eigenvalue weighted by Crippen LogP contribution is -2.36. The number of carbonyl (C=O) groups excluding carboxylic acids is 1. The highest BCUT2D eigenvalue weighted by atomic mass is 19.1. The molecule has 0 aliphatic rings. The number of alkyl carbamates (subject to hydrolysis) is 1. The quantitative estimate of drug-likeness (QED) is 0.333. The number of nitrogens with one attached hydrogen (secondary N) is 2. The fraction of sp³-hybridized carbons (Fsp3) is 0.393. The maximum absolute atomic E-state index is 14.6. The van der Waals surface area contributed by atoms with Crippen LogP contribution in [0.1, 0.15) is 51.4 Å². The minimum absolute atomic E-state index is 0.0702. The third kappa shape index (κ3) is 7.39. The number of benzene rings is 2. The first kappa shape index (κ1) is 26.4. The molecule has 0 aliphatic carbocycles. The lowest BCUT2D eigenvalue weighted by molar-refractivity contribution is 0.152. The Bertz CT molecular complexity index is 1110. The Hall–Kier alpha value is -3.19. The number of hydrogen-bond acceptors (Lipinski definition) is 3. The van der Waals surface area contributed by atoms with E-state index in [0.29, 0.717) is 31.8 Å². The fourth-order valence-corrected chi connectivity index (χ4v) is 4.12. The highest BCUT2D eigenvalue weighted by Gasteiger charge is 2.29. The molecule has 3 rings (SSSR count). The van der Waals surface area contributed by atoms with Crippen molar-refractivity contribution >= 4 is 6.09 Å². The van der Waals surface area contributed by atoms with Crippen molar-refractivity contribution in [1.29, 1.82) is 0 Å². The summed E-state index contributed by atoms with van der Waals surface area (Å²) in [6.07, 6.45) is 2.19. The number of rotatable bonds is 10. The number of halogens is 2. The van der Waals surface area contributed by atoms with Gasteiger partial charge in [0.15, 0.2) is 0 Å². The average molecular weight is 484 g/mol. The summed E-state index contributed by atoms with van der Waals surface area (Å²) in [5, 5.41) is 6.35. The Balaban J connectivity index is 1.89. The molecule has 1 amide bonds. The summed E-state index contributed by atoms with van der Waals surface area (Å²) in [5.41, 5.74) is 2.80. The molecule has 0 bridgehead atoms. The van der Waals surface area contributed by atoms with Crippen LogP contribution >= 0.6 is 0 Å². The minimum atomic E-state index is -0.474. The van der Waals surface area contributed by atoms with Crippen LogP contribution in [0.2, 0.25) is 0 Å². The number of nitrogens with zero attached hydrogens (tertiary/aromatic N) is 1. The molecule has 2 N–H and O–H groups in total. The highest BCUT2D eigenvalue weighted by Crippen LogP contribution is 2.37. The van der Waals surface area contributed by atoms with E-state index >= 15 is 0 Å². The number of amides is 1. The van der Waals surface area contributed by atoms with E-state index in [1.807, 2.05) is 42.6 Å². The molecule has 0 saturated heterocycles. The molecule has 0 radical (unpaired) electrons. The third-order valence-corrected chi connectivity index (χ3v) is 5.77. The van der Waals surface area contributed by atoms with E-state index in [9.17, 15) is 13.6 Å². The number of hydrogen-bond donors (Lipinski definition) is 2. The number of aromatic nitrogens is 1. The maximum Gasteiger partial charge on any atom is 0.407 e. The van der Waals surface area contributed by atoms with Gasteiger partial charge in [-0.15, -0.1) is 0 Å². The summed E-state index contributed by atoms with van der Waals surface area (Å²) < 4.78 is 35.6. The molecule has 7 heteroatoms. The summed E-state index contributed by atoms with van der Waals surface area (Å²) in [5.74, 6) is -0.932. The van der Waals surface area contributed by atoms with Crippen molar-refractivity contribution in [3.8, 4) is 11.1 Å². The van der Waals surface area contributed by atoms with Gasteiger partial charge in [0.1, 0.15) is 11.6 Å². The molecule has 1 atom stereocenters. The van der Waals surface area contributed by atoms with E-state index in [1.54, 1.807) is 6.92 Å². The van der Waals surface area contributed by atoms with Gasteiger partial charge >= 0.3 is 6.09 Å². The summed E-state index contributed by atoms with van der Waals surface area (Å²) in [6, 6.07) is 15.4. The summed E-state index contributed by atoms with van der Waals surface area (Å²) in [6.45, 7) is 10.3. The molecule has 5 nitrogen and oxygen atoms in total. The van der Waals surface area contributed by atoms with Crippen LogP contribution in [-0.2, 0) is 11.3 Å². The first-order valence-corrected chi connectivity index (χ1v) is 12.0. The third-order valence-electron chi connectivity index (χ3n) is 5.77. The molecule has 0 saturated carbocycles. The van der Waals surface area contributed by atoms with Crippen molar-refractivity contribution in [2.75, 3.05) is 19.7 Å². The van der Waals surface area contributed by atoms with Gasteiger partial charge in [-0.2, -0.15) is 0 Å². The molecule has 2 aromatic carbocycles. The topological polar surface area (TPSA) is 55.3 Å². The summed E-state index contributed by atoms with van der Waals surface area (Å²) in [7, 11) is 0. The standard InChI is InChI=1S/C28H35F2N3O2/c1-5-35-27(34)32-15-9-14-31-26(28(2,3)4)25-16-21(23-17-22(29)12-13-24(23)30)19-33(25)18-20-10-7-6-8-11-20/h6-8,10-13,16-17,19,26,31H,5,9,14-15,18H2,1-4H3,(H,32,34)/t26-/m0/s1. The van der Waals surface area contributed by atoms with Gasteiger partial charge in [0, 0.05) is 36.1 Å². The maximum atomic E-state index is 14.6. The van der Waals surface area contributed by atoms with Crippen molar-refractivity contribution < 1.29 is 18.3 Å². The van der Waals surface area contributed by atoms with Gasteiger partial charge in [-0.25, -0.2) is 13.6 Å². The van der Waals surface area contributed by atoms with Crippen LogP contribution in [0.15, 0.2) is 60.8 Å². The average Bonchev–Trinajstić information content (AvgIpc) is 3.20. The van der Waals surface area contributed by atoms with Crippen molar-refractivity contribution in [3.05, 3.63) is 83.7 Å². The lowest BCUT2D eigenvalue weighted by Gasteiger charge is -2.33. The van der Waals surface area contributed by atoms with E-state index in [4.69, 9.17) is 4.74 Å². The molecule has 0 aliphatic heterocycles. The van der Waals surface area contributed by atoms with Gasteiger partial charge in [0.2, 0.25) is 0 Å². The van der Waals surface area contributed by atoms with Gasteiger partial charge < -0.3 is 19.9 Å². The molecule has 1 aromatic heterocycles. The van der Waals surface area contributed by atoms with Crippen LogP contribution in [0.25, 0.3) is 11.1 Å². The van der Waals surface area contributed by atoms with E-state index in [2.05, 4.69) is 36.0 Å². The van der Waals surface area contributed by atoms with Crippen LogP contribution in [0.3, 0.4) is 0 Å². The predicted octanol–water partition coefficient (Wildman–Crippen LogP) is 6.29. The van der Waals surface area contributed by atoms with Crippen molar-refractivity contribution in [3.63, 3.8) is 0 Å². The molecule has 35 heavy (non-hydrogen) atoms. The Kier molecular flexibility index (Phi) is 9.04. The second-order valence-electron chi connectivity index (χ2n) is 9.65. The zero-order chi connectivity index (χ0) is 25.4. The molecule has 1 heterocycles. The van der Waals surface area contributed by atoms with Crippen molar-refractivity contribution in [1.82, 2.24) is 15.2 Å². The van der Waals surface area contributed by atoms with Gasteiger partial charge in [-0.05, 0) is 55.1 Å². The Morgan fingerprint density at radius 1 is 1.06 bits per heavy atom. The van der Waals surface area contributed by atoms with E-state index in [-0.39, 0.29) is 17.0 Å². The minimum Gasteiger partial charge on any atom is -0.450 e. The molecule has 0 fully saturated rings. The smallest absolute Gasteiger partial charge is 0.407 e. The second-order valence-corrected chi connectivity index (χ2v) is 9.65. The van der Waals surface area contributed by atoms with Crippen molar-refractivity contribution in [2.24, 2.45) is 5.41 Å². The first-order chi connectivity index (χ1) is 16.7. The van der Waals surface area contributed by atoms with Crippen LogP contribution in [-0.4, -0.2) is 30.4 Å². The van der Waals surface area contributed by atoms with Gasteiger partial charge in [-0.3, -0.25) is 0 Å². The zero-order valence-electron chi connectivity index (χ0n) is 20.9. The summed E-state index contributed by atoms with van der Waals surface area (Å²) >= 11 is 0. The Morgan fingerprint density at radius 3 is 2.49 bits per heavy atom. The Morgan fingerprint density at radius 2 is 1.80 bits per heavy atom. The monoisotopic (exact) mass is 483 g/mol. The molecule has 0 spiro atoms. The van der Waals surface area contributed by atoms with E-state index in [0.717, 1.165) is 29.8 Å². The largest absolute Gasteiger partial charge is 0.450 e. The van der Waals surface area contributed by atoms with Crippen molar-refractivity contribution in [2.45, 2.75) is 46.7 Å². The van der Waals surface area contributed by atoms with Crippen LogP contribution in [0, 0.1) is 17.0 Å². The molecule has 188 valence electrons.